The number of benzene rings is 2. The van der Waals surface area contributed by atoms with Gasteiger partial charge in [0.15, 0.2) is 6.23 Å². The van der Waals surface area contributed by atoms with E-state index in [-0.39, 0.29) is 13.2 Å². The summed E-state index contributed by atoms with van der Waals surface area (Å²) in [6, 6.07) is 14.0. The van der Waals surface area contributed by atoms with Crippen LogP contribution < -0.4 is 5.32 Å². The van der Waals surface area contributed by atoms with E-state index in [0.717, 1.165) is 16.5 Å². The van der Waals surface area contributed by atoms with Gasteiger partial charge in [-0.15, -0.1) is 0 Å². The number of aromatic nitrogens is 1. The van der Waals surface area contributed by atoms with E-state index >= 15 is 0 Å². The SMILES string of the molecule is CCOC(=O)CC(=O)NC[C@H]1O[C@@H](n2cc(Cc3ccc(C4CC4)cc3)c3c(Cl)cccc32)[C@H](O)[C@@H](O)[C@@H]1O. The first kappa shape index (κ1) is 27.6. The molecule has 0 radical (unpaired) electrons. The van der Waals surface area contributed by atoms with Crippen LogP contribution in [0.1, 0.15) is 55.0 Å². The van der Waals surface area contributed by atoms with Gasteiger partial charge in [-0.2, -0.15) is 0 Å². The molecule has 39 heavy (non-hydrogen) atoms. The van der Waals surface area contributed by atoms with Crippen molar-refractivity contribution < 1.29 is 34.4 Å². The first-order valence-electron chi connectivity index (χ1n) is 13.3. The van der Waals surface area contributed by atoms with Crippen LogP contribution >= 0.6 is 11.6 Å². The van der Waals surface area contributed by atoms with E-state index in [1.807, 2.05) is 12.3 Å². The third kappa shape index (κ3) is 5.97. The molecule has 5 atom stereocenters. The summed E-state index contributed by atoms with van der Waals surface area (Å²) >= 11 is 6.63. The minimum Gasteiger partial charge on any atom is -0.466 e. The summed E-state index contributed by atoms with van der Waals surface area (Å²) < 4.78 is 12.5. The lowest BCUT2D eigenvalue weighted by Crippen LogP contribution is -2.58. The number of nitrogens with one attached hydrogen (secondary N) is 1. The summed E-state index contributed by atoms with van der Waals surface area (Å²) in [7, 11) is 0. The number of rotatable bonds is 9. The summed E-state index contributed by atoms with van der Waals surface area (Å²) in [5.74, 6) is -0.599. The number of hydrogen-bond acceptors (Lipinski definition) is 7. The van der Waals surface area contributed by atoms with Gasteiger partial charge in [-0.25, -0.2) is 0 Å². The topological polar surface area (TPSA) is 130 Å². The number of esters is 1. The monoisotopic (exact) mass is 556 g/mol. The normalized spacial score (nSPS) is 25.0. The Morgan fingerprint density at radius 3 is 2.51 bits per heavy atom. The van der Waals surface area contributed by atoms with Crippen LogP contribution in [-0.4, -0.2) is 69.3 Å². The molecule has 2 aromatic carbocycles. The molecule has 9 nitrogen and oxygen atoms in total. The molecular weight excluding hydrogens is 524 g/mol. The van der Waals surface area contributed by atoms with Gasteiger partial charge in [0.1, 0.15) is 30.8 Å². The standard InChI is InChI=1S/C29H33ClN2O7/c1-2-38-24(34)13-23(33)31-14-22-26(35)27(36)28(37)29(39-22)32-15-19(25-20(30)4-3-5-21(25)32)12-16-6-8-17(9-7-16)18-10-11-18/h3-9,15,18,22,26-29,35-37H,2,10-14H2,1H3,(H,31,33)/t22-,26-,27+,28-,29-/m1/s1. The summed E-state index contributed by atoms with van der Waals surface area (Å²) in [6.07, 6.45) is -2.12. The molecule has 1 aliphatic heterocycles. The fourth-order valence-corrected chi connectivity index (χ4v) is 5.48. The Morgan fingerprint density at radius 1 is 1.08 bits per heavy atom. The third-order valence-electron chi connectivity index (χ3n) is 7.38. The van der Waals surface area contributed by atoms with Crippen molar-refractivity contribution in [3.05, 3.63) is 70.4 Å². The number of aliphatic hydroxyl groups is 3. The van der Waals surface area contributed by atoms with Crippen LogP contribution in [0.5, 0.6) is 0 Å². The van der Waals surface area contributed by atoms with Crippen LogP contribution in [0.4, 0.5) is 0 Å². The molecule has 208 valence electrons. The molecule has 1 aromatic heterocycles. The summed E-state index contributed by atoms with van der Waals surface area (Å²) in [5.41, 5.74) is 4.09. The summed E-state index contributed by atoms with van der Waals surface area (Å²) in [5, 5.41) is 36.0. The van der Waals surface area contributed by atoms with E-state index < -0.39 is 48.9 Å². The van der Waals surface area contributed by atoms with Crippen molar-refractivity contribution in [2.75, 3.05) is 13.2 Å². The average Bonchev–Trinajstić information content (AvgIpc) is 3.70. The molecule has 1 saturated carbocycles. The molecule has 1 amide bonds. The zero-order valence-corrected chi connectivity index (χ0v) is 22.4. The average molecular weight is 557 g/mol. The van der Waals surface area contributed by atoms with Gasteiger partial charge in [-0.05, 0) is 60.9 Å². The van der Waals surface area contributed by atoms with E-state index in [1.165, 1.54) is 18.4 Å². The zero-order chi connectivity index (χ0) is 27.7. The van der Waals surface area contributed by atoms with Gasteiger partial charge >= 0.3 is 5.97 Å². The van der Waals surface area contributed by atoms with Gasteiger partial charge in [-0.3, -0.25) is 9.59 Å². The maximum absolute atomic E-state index is 12.1. The number of carbonyl (C=O) groups is 2. The first-order chi connectivity index (χ1) is 18.8. The van der Waals surface area contributed by atoms with Crippen LogP contribution in [0.3, 0.4) is 0 Å². The zero-order valence-electron chi connectivity index (χ0n) is 21.6. The van der Waals surface area contributed by atoms with E-state index in [0.29, 0.717) is 22.9 Å². The summed E-state index contributed by atoms with van der Waals surface area (Å²) in [6.45, 7) is 1.62. The van der Waals surface area contributed by atoms with E-state index in [1.54, 1.807) is 23.6 Å². The molecule has 2 heterocycles. The highest BCUT2D eigenvalue weighted by atomic mass is 35.5. The van der Waals surface area contributed by atoms with Crippen molar-refractivity contribution in [1.82, 2.24) is 9.88 Å². The highest BCUT2D eigenvalue weighted by molar-refractivity contribution is 6.35. The molecule has 10 heteroatoms. The number of fused-ring (bicyclic) bond motifs is 1. The van der Waals surface area contributed by atoms with Gasteiger partial charge in [0.25, 0.3) is 0 Å². The first-order valence-corrected chi connectivity index (χ1v) is 13.6. The number of aliphatic hydroxyl groups excluding tert-OH is 3. The minimum absolute atomic E-state index is 0.158. The molecular formula is C29H33ClN2O7. The Hall–Kier alpha value is -2.95. The highest BCUT2D eigenvalue weighted by Gasteiger charge is 2.45. The molecule has 0 spiro atoms. The van der Waals surface area contributed by atoms with Crippen LogP contribution in [0.2, 0.25) is 5.02 Å². The van der Waals surface area contributed by atoms with Crippen molar-refractivity contribution in [3.8, 4) is 0 Å². The van der Waals surface area contributed by atoms with Gasteiger partial charge in [0, 0.05) is 18.1 Å². The summed E-state index contributed by atoms with van der Waals surface area (Å²) in [4.78, 5) is 23.7. The van der Waals surface area contributed by atoms with Gasteiger partial charge in [-0.1, -0.05) is 41.9 Å². The smallest absolute Gasteiger partial charge is 0.315 e. The minimum atomic E-state index is -1.54. The van der Waals surface area contributed by atoms with E-state index in [2.05, 4.69) is 29.6 Å². The Kier molecular flexibility index (Phi) is 8.25. The number of halogens is 1. The number of ether oxygens (including phenoxy) is 2. The molecule has 2 aliphatic rings. The van der Waals surface area contributed by atoms with Gasteiger partial charge < -0.3 is 34.7 Å². The second kappa shape index (κ2) is 11.7. The van der Waals surface area contributed by atoms with E-state index in [9.17, 15) is 24.9 Å². The lowest BCUT2D eigenvalue weighted by atomic mass is 9.97. The second-order valence-electron chi connectivity index (χ2n) is 10.2. The third-order valence-corrected chi connectivity index (χ3v) is 7.70. The van der Waals surface area contributed by atoms with Crippen molar-refractivity contribution in [2.45, 2.75) is 69.2 Å². The largest absolute Gasteiger partial charge is 0.466 e. The predicted molar refractivity (Wildman–Crippen MR) is 144 cm³/mol. The van der Waals surface area contributed by atoms with Crippen LogP contribution in [0.15, 0.2) is 48.7 Å². The molecule has 1 aliphatic carbocycles. The molecule has 1 saturated heterocycles. The van der Waals surface area contributed by atoms with Crippen molar-refractivity contribution in [3.63, 3.8) is 0 Å². The Labute approximate surface area is 231 Å². The Bertz CT molecular complexity index is 1340. The maximum Gasteiger partial charge on any atom is 0.315 e. The van der Waals surface area contributed by atoms with Crippen LogP contribution in [0, 0.1) is 0 Å². The molecule has 0 unspecified atom stereocenters. The number of carbonyl (C=O) groups excluding carboxylic acids is 2. The van der Waals surface area contributed by atoms with Crippen molar-refractivity contribution >= 4 is 34.4 Å². The molecule has 3 aromatic rings. The maximum atomic E-state index is 12.1. The predicted octanol–water partition coefficient (Wildman–Crippen LogP) is 2.81. The molecule has 5 rings (SSSR count). The fourth-order valence-electron chi connectivity index (χ4n) is 5.19. The molecule has 4 N–H and O–H groups in total. The fraction of sp³-hybridized carbons (Fsp3) is 0.448. The highest BCUT2D eigenvalue weighted by Crippen LogP contribution is 2.40. The lowest BCUT2D eigenvalue weighted by molar-refractivity contribution is -0.242. The number of nitrogens with zero attached hydrogens (tertiary/aromatic N) is 1. The number of amides is 1. The second-order valence-corrected chi connectivity index (χ2v) is 10.6. The molecule has 0 bridgehead atoms. The van der Waals surface area contributed by atoms with Crippen LogP contribution in [0.25, 0.3) is 10.9 Å². The quantitative estimate of drug-likeness (QED) is 0.235. The lowest BCUT2D eigenvalue weighted by Gasteiger charge is -2.41. The van der Waals surface area contributed by atoms with Crippen molar-refractivity contribution in [1.29, 1.82) is 0 Å². The Morgan fingerprint density at radius 2 is 1.82 bits per heavy atom. The van der Waals surface area contributed by atoms with E-state index in [4.69, 9.17) is 21.1 Å². The van der Waals surface area contributed by atoms with Gasteiger partial charge in [0.05, 0.1) is 17.1 Å². The van der Waals surface area contributed by atoms with Crippen molar-refractivity contribution in [2.24, 2.45) is 0 Å². The Balaban J connectivity index is 1.38. The van der Waals surface area contributed by atoms with Gasteiger partial charge in [0.2, 0.25) is 5.91 Å². The van der Waals surface area contributed by atoms with Crippen LogP contribution in [-0.2, 0) is 25.5 Å². The number of hydrogen-bond donors (Lipinski definition) is 4. The molecule has 2 fully saturated rings.